The Balaban J connectivity index is 1.57. The quantitative estimate of drug-likeness (QED) is 0.514. The molecule has 0 aromatic heterocycles. The average Bonchev–Trinajstić information content (AvgIpc) is 3.06. The Morgan fingerprint density at radius 2 is 1.81 bits per heavy atom. The summed E-state index contributed by atoms with van der Waals surface area (Å²) in [6.45, 7) is 4.21. The molecule has 0 aliphatic carbocycles. The maximum atomic E-state index is 12.7. The van der Waals surface area contributed by atoms with E-state index in [1.165, 1.54) is 0 Å². The smallest absolute Gasteiger partial charge is 0.316 e. The summed E-state index contributed by atoms with van der Waals surface area (Å²) in [6.07, 6.45) is 0.174. The second-order valence-electron chi connectivity index (χ2n) is 7.09. The lowest BCUT2D eigenvalue weighted by atomic mass is 10.1. The van der Waals surface area contributed by atoms with Crippen LogP contribution in [0.5, 0.6) is 5.75 Å². The van der Waals surface area contributed by atoms with Crippen LogP contribution in [0.25, 0.3) is 10.8 Å². The van der Waals surface area contributed by atoms with E-state index in [1.54, 1.807) is 4.90 Å². The zero-order chi connectivity index (χ0) is 19.0. The van der Waals surface area contributed by atoms with Crippen molar-refractivity contribution in [2.75, 3.05) is 11.4 Å². The van der Waals surface area contributed by atoms with Gasteiger partial charge in [-0.2, -0.15) is 0 Å². The first-order valence-corrected chi connectivity index (χ1v) is 9.10. The van der Waals surface area contributed by atoms with E-state index in [2.05, 4.69) is 0 Å². The molecule has 4 heteroatoms. The molecule has 3 aromatic rings. The number of nitrogens with zero attached hydrogens (tertiary/aromatic N) is 1. The van der Waals surface area contributed by atoms with Crippen molar-refractivity contribution in [1.29, 1.82) is 0 Å². The minimum absolute atomic E-state index is 0.0470. The molecule has 27 heavy (non-hydrogen) atoms. The molecule has 1 heterocycles. The minimum atomic E-state index is -0.462. The van der Waals surface area contributed by atoms with E-state index in [0.29, 0.717) is 12.3 Å². The Morgan fingerprint density at radius 3 is 2.67 bits per heavy atom. The number of esters is 1. The number of hydrogen-bond acceptors (Lipinski definition) is 3. The van der Waals surface area contributed by atoms with Crippen LogP contribution in [-0.4, -0.2) is 18.4 Å². The van der Waals surface area contributed by atoms with Crippen LogP contribution in [0.15, 0.2) is 60.7 Å². The SMILES string of the molecule is Cc1ccc(C)c(OC(=O)[C@H]2CC(=O)N(c3cccc4ccccc34)C2)c1. The van der Waals surface area contributed by atoms with Crippen LogP contribution < -0.4 is 9.64 Å². The summed E-state index contributed by atoms with van der Waals surface area (Å²) in [5.41, 5.74) is 2.78. The molecule has 0 bridgehead atoms. The van der Waals surface area contributed by atoms with Crippen molar-refractivity contribution in [2.45, 2.75) is 20.3 Å². The molecule has 1 atom stereocenters. The first kappa shape index (κ1) is 17.3. The van der Waals surface area contributed by atoms with Gasteiger partial charge in [0.25, 0.3) is 0 Å². The largest absolute Gasteiger partial charge is 0.426 e. The molecule has 1 aliphatic heterocycles. The van der Waals surface area contributed by atoms with E-state index in [4.69, 9.17) is 4.74 Å². The highest BCUT2D eigenvalue weighted by Gasteiger charge is 2.37. The summed E-state index contributed by atoms with van der Waals surface area (Å²) in [5.74, 6) is -0.290. The van der Waals surface area contributed by atoms with Crippen LogP contribution in [0.3, 0.4) is 0 Å². The van der Waals surface area contributed by atoms with Crippen molar-refractivity contribution in [3.63, 3.8) is 0 Å². The number of hydrogen-bond donors (Lipinski definition) is 0. The van der Waals surface area contributed by atoms with Gasteiger partial charge in [-0.05, 0) is 42.5 Å². The van der Waals surface area contributed by atoms with Gasteiger partial charge >= 0.3 is 5.97 Å². The maximum Gasteiger partial charge on any atom is 0.316 e. The Hall–Kier alpha value is -3.14. The number of carbonyl (C=O) groups is 2. The summed E-state index contributed by atoms with van der Waals surface area (Å²) in [6, 6.07) is 19.6. The van der Waals surface area contributed by atoms with Crippen LogP contribution in [0.2, 0.25) is 0 Å². The van der Waals surface area contributed by atoms with Crippen LogP contribution in [0.1, 0.15) is 17.5 Å². The lowest BCUT2D eigenvalue weighted by molar-refractivity contribution is -0.139. The van der Waals surface area contributed by atoms with E-state index >= 15 is 0 Å². The Morgan fingerprint density at radius 1 is 1.04 bits per heavy atom. The van der Waals surface area contributed by atoms with Gasteiger partial charge in [0, 0.05) is 18.4 Å². The summed E-state index contributed by atoms with van der Waals surface area (Å²) < 4.78 is 5.61. The second-order valence-corrected chi connectivity index (χ2v) is 7.09. The molecule has 4 rings (SSSR count). The fraction of sp³-hybridized carbons (Fsp3) is 0.217. The first-order valence-electron chi connectivity index (χ1n) is 9.10. The van der Waals surface area contributed by atoms with Crippen molar-refractivity contribution in [3.05, 3.63) is 71.8 Å². The molecule has 0 N–H and O–H groups in total. The number of anilines is 1. The first-order chi connectivity index (χ1) is 13.0. The summed E-state index contributed by atoms with van der Waals surface area (Å²) in [4.78, 5) is 27.0. The highest BCUT2D eigenvalue weighted by molar-refractivity contribution is 6.06. The molecule has 0 unspecified atom stereocenters. The lowest BCUT2D eigenvalue weighted by Crippen LogP contribution is -2.27. The molecule has 0 spiro atoms. The second kappa shape index (κ2) is 6.88. The Kier molecular flexibility index (Phi) is 4.40. The molecule has 4 nitrogen and oxygen atoms in total. The summed E-state index contributed by atoms with van der Waals surface area (Å²) in [5, 5.41) is 2.08. The van der Waals surface area contributed by atoms with Gasteiger partial charge in [-0.1, -0.05) is 48.5 Å². The zero-order valence-electron chi connectivity index (χ0n) is 15.4. The molecule has 1 saturated heterocycles. The van der Waals surface area contributed by atoms with Crippen molar-refractivity contribution in [1.82, 2.24) is 0 Å². The van der Waals surface area contributed by atoms with Gasteiger partial charge in [0.1, 0.15) is 5.75 Å². The fourth-order valence-electron chi connectivity index (χ4n) is 3.55. The molecule has 1 amide bonds. The van der Waals surface area contributed by atoms with Crippen molar-refractivity contribution < 1.29 is 14.3 Å². The van der Waals surface area contributed by atoms with Crippen LogP contribution >= 0.6 is 0 Å². The minimum Gasteiger partial charge on any atom is -0.426 e. The average molecular weight is 359 g/mol. The van der Waals surface area contributed by atoms with Gasteiger partial charge in [0.05, 0.1) is 11.6 Å². The van der Waals surface area contributed by atoms with Crippen molar-refractivity contribution >= 4 is 28.3 Å². The van der Waals surface area contributed by atoms with E-state index in [9.17, 15) is 9.59 Å². The van der Waals surface area contributed by atoms with Crippen molar-refractivity contribution in [3.8, 4) is 5.75 Å². The number of rotatable bonds is 3. The van der Waals surface area contributed by atoms with Crippen LogP contribution in [0.4, 0.5) is 5.69 Å². The third-order valence-corrected chi connectivity index (χ3v) is 5.07. The van der Waals surface area contributed by atoms with Gasteiger partial charge in [0.2, 0.25) is 5.91 Å². The topological polar surface area (TPSA) is 46.6 Å². The standard InChI is InChI=1S/C23H21NO3/c1-15-10-11-16(2)21(12-15)27-23(26)18-13-22(25)24(14-18)20-9-5-7-17-6-3-4-8-19(17)20/h3-12,18H,13-14H2,1-2H3/t18-/m0/s1. The number of benzene rings is 3. The third kappa shape index (κ3) is 3.31. The fourth-order valence-corrected chi connectivity index (χ4v) is 3.55. The maximum absolute atomic E-state index is 12.7. The summed E-state index contributed by atoms with van der Waals surface area (Å²) >= 11 is 0. The van der Waals surface area contributed by atoms with E-state index < -0.39 is 5.92 Å². The van der Waals surface area contributed by atoms with Gasteiger partial charge in [0.15, 0.2) is 0 Å². The molecule has 136 valence electrons. The molecular weight excluding hydrogens is 338 g/mol. The lowest BCUT2D eigenvalue weighted by Gasteiger charge is -2.19. The number of aryl methyl sites for hydroxylation is 2. The molecular formula is C23H21NO3. The molecule has 3 aromatic carbocycles. The Bertz CT molecular complexity index is 1040. The van der Waals surface area contributed by atoms with Gasteiger partial charge in [-0.3, -0.25) is 9.59 Å². The van der Waals surface area contributed by atoms with Crippen LogP contribution in [-0.2, 0) is 9.59 Å². The number of ether oxygens (including phenoxy) is 1. The Labute approximate surface area is 158 Å². The predicted octanol–water partition coefficient (Wildman–Crippen LogP) is 4.42. The molecule has 0 radical (unpaired) electrons. The normalized spacial score (nSPS) is 16.7. The van der Waals surface area contributed by atoms with Crippen LogP contribution in [0, 0.1) is 19.8 Å². The summed E-state index contributed by atoms with van der Waals surface area (Å²) in [7, 11) is 0. The van der Waals surface area contributed by atoms with Gasteiger partial charge < -0.3 is 9.64 Å². The van der Waals surface area contributed by atoms with Gasteiger partial charge in [-0.25, -0.2) is 0 Å². The van der Waals surface area contributed by atoms with E-state index in [1.807, 2.05) is 74.5 Å². The predicted molar refractivity (Wildman–Crippen MR) is 106 cm³/mol. The van der Waals surface area contributed by atoms with E-state index in [-0.39, 0.29) is 18.3 Å². The highest BCUT2D eigenvalue weighted by atomic mass is 16.5. The number of carbonyl (C=O) groups excluding carboxylic acids is 2. The van der Waals surface area contributed by atoms with E-state index in [0.717, 1.165) is 27.6 Å². The van der Waals surface area contributed by atoms with Gasteiger partial charge in [-0.15, -0.1) is 0 Å². The number of fused-ring (bicyclic) bond motifs is 1. The molecule has 0 saturated carbocycles. The number of amides is 1. The highest BCUT2D eigenvalue weighted by Crippen LogP contribution is 2.32. The van der Waals surface area contributed by atoms with Crippen molar-refractivity contribution in [2.24, 2.45) is 5.92 Å². The zero-order valence-corrected chi connectivity index (χ0v) is 15.4. The molecule has 1 fully saturated rings. The molecule has 1 aliphatic rings. The third-order valence-electron chi connectivity index (χ3n) is 5.07. The monoisotopic (exact) mass is 359 g/mol.